The molecular formula is C20H22O6. The van der Waals surface area contributed by atoms with E-state index in [-0.39, 0.29) is 20.0 Å². The number of carbonyl (C=O) groups excluding carboxylic acids is 2. The van der Waals surface area contributed by atoms with Crippen LogP contribution in [0.3, 0.4) is 0 Å². The van der Waals surface area contributed by atoms with Gasteiger partial charge in [0.1, 0.15) is 12.7 Å². The Bertz CT molecular complexity index is 671. The van der Waals surface area contributed by atoms with Crippen LogP contribution >= 0.6 is 0 Å². The molecule has 0 aliphatic heterocycles. The zero-order valence-electron chi connectivity index (χ0n) is 14.6. The Balaban J connectivity index is 1.76. The van der Waals surface area contributed by atoms with Crippen molar-refractivity contribution in [2.24, 2.45) is 0 Å². The molecule has 0 aliphatic carbocycles. The van der Waals surface area contributed by atoms with Gasteiger partial charge in [-0.1, -0.05) is 48.5 Å². The van der Waals surface area contributed by atoms with Crippen molar-refractivity contribution in [3.63, 3.8) is 0 Å². The molecule has 138 valence electrons. The summed E-state index contributed by atoms with van der Waals surface area (Å²) >= 11 is 0. The van der Waals surface area contributed by atoms with Crippen molar-refractivity contribution in [3.8, 4) is 0 Å². The minimum absolute atomic E-state index is 0.0208. The highest BCUT2D eigenvalue weighted by Gasteiger charge is 2.14. The first-order valence-corrected chi connectivity index (χ1v) is 8.24. The minimum atomic E-state index is -0.536. The lowest BCUT2D eigenvalue weighted by Gasteiger charge is -2.17. The molecule has 0 heterocycles. The molecule has 0 aromatic heterocycles. The average Bonchev–Trinajstić information content (AvgIpc) is 2.67. The van der Waals surface area contributed by atoms with E-state index in [2.05, 4.69) is 0 Å². The quantitative estimate of drug-likeness (QED) is 0.480. The van der Waals surface area contributed by atoms with Gasteiger partial charge in [0.2, 0.25) is 0 Å². The summed E-state index contributed by atoms with van der Waals surface area (Å²) in [7, 11) is 0. The van der Waals surface area contributed by atoms with Crippen molar-refractivity contribution in [2.45, 2.75) is 19.6 Å². The molecule has 1 atom stereocenters. The molecule has 6 nitrogen and oxygen atoms in total. The number of ether oxygens (including phenoxy) is 4. The summed E-state index contributed by atoms with van der Waals surface area (Å²) in [5.41, 5.74) is 1.46. The largest absolute Gasteiger partial charge is 0.463 e. The summed E-state index contributed by atoms with van der Waals surface area (Å²) in [6, 6.07) is 18.3. The summed E-state index contributed by atoms with van der Waals surface area (Å²) in [6.45, 7) is 1.69. The first kappa shape index (κ1) is 19.6. The fourth-order valence-electron chi connectivity index (χ4n) is 2.08. The van der Waals surface area contributed by atoms with Gasteiger partial charge < -0.3 is 18.9 Å². The molecule has 0 bridgehead atoms. The van der Waals surface area contributed by atoms with Gasteiger partial charge in [0.25, 0.3) is 0 Å². The zero-order valence-corrected chi connectivity index (χ0v) is 14.6. The second kappa shape index (κ2) is 11.0. The molecule has 0 amide bonds. The highest BCUT2D eigenvalue weighted by Crippen LogP contribution is 2.05. The summed E-state index contributed by atoms with van der Waals surface area (Å²) in [4.78, 5) is 22.9. The standard InChI is InChI=1S/C20H22O6/c1-16(21)24-14-19(13-23-12-17-8-4-2-5-9-17)25-15-26-20(22)18-10-6-3-7-11-18/h2-11,19H,12-15H2,1H3. The molecule has 0 fully saturated rings. The summed E-state index contributed by atoms with van der Waals surface area (Å²) in [5.74, 6) is -0.898. The van der Waals surface area contributed by atoms with Gasteiger partial charge >= 0.3 is 11.9 Å². The molecule has 2 aromatic carbocycles. The minimum Gasteiger partial charge on any atom is -0.463 e. The Morgan fingerprint density at radius 3 is 2.19 bits per heavy atom. The van der Waals surface area contributed by atoms with Crippen LogP contribution in [0.15, 0.2) is 60.7 Å². The Morgan fingerprint density at radius 1 is 0.885 bits per heavy atom. The summed E-state index contributed by atoms with van der Waals surface area (Å²) in [5, 5.41) is 0. The fraction of sp³-hybridized carbons (Fsp3) is 0.300. The fourth-order valence-corrected chi connectivity index (χ4v) is 2.08. The van der Waals surface area contributed by atoms with Gasteiger partial charge in [-0.05, 0) is 17.7 Å². The van der Waals surface area contributed by atoms with Crippen LogP contribution < -0.4 is 0 Å². The molecule has 2 aromatic rings. The van der Waals surface area contributed by atoms with Crippen molar-refractivity contribution in [1.82, 2.24) is 0 Å². The molecule has 0 spiro atoms. The predicted octanol–water partition coefficient (Wildman–Crippen LogP) is 2.97. The Morgan fingerprint density at radius 2 is 1.54 bits per heavy atom. The molecule has 2 rings (SSSR count). The predicted molar refractivity (Wildman–Crippen MR) is 94.3 cm³/mol. The van der Waals surface area contributed by atoms with Gasteiger partial charge in [-0.3, -0.25) is 4.79 Å². The van der Waals surface area contributed by atoms with Crippen molar-refractivity contribution < 1.29 is 28.5 Å². The maximum absolute atomic E-state index is 11.9. The van der Waals surface area contributed by atoms with Gasteiger partial charge in [0, 0.05) is 6.92 Å². The Kier molecular flexibility index (Phi) is 8.32. The van der Waals surface area contributed by atoms with E-state index in [1.165, 1.54) is 6.92 Å². The third-order valence-corrected chi connectivity index (χ3v) is 3.39. The monoisotopic (exact) mass is 358 g/mol. The molecule has 6 heteroatoms. The topological polar surface area (TPSA) is 71.1 Å². The van der Waals surface area contributed by atoms with Crippen molar-refractivity contribution in [2.75, 3.05) is 20.0 Å². The lowest BCUT2D eigenvalue weighted by Crippen LogP contribution is -2.28. The Hall–Kier alpha value is -2.70. The second-order valence-electron chi connectivity index (χ2n) is 5.51. The SMILES string of the molecule is CC(=O)OCC(COCc1ccccc1)OCOC(=O)c1ccccc1. The number of carbonyl (C=O) groups is 2. The molecule has 0 saturated carbocycles. The highest BCUT2D eigenvalue weighted by molar-refractivity contribution is 5.89. The second-order valence-corrected chi connectivity index (χ2v) is 5.51. The van der Waals surface area contributed by atoms with Gasteiger partial charge in [-0.15, -0.1) is 0 Å². The van der Waals surface area contributed by atoms with E-state index in [9.17, 15) is 9.59 Å². The van der Waals surface area contributed by atoms with Crippen LogP contribution in [0.5, 0.6) is 0 Å². The first-order chi connectivity index (χ1) is 12.6. The van der Waals surface area contributed by atoms with Gasteiger partial charge in [-0.2, -0.15) is 0 Å². The smallest absolute Gasteiger partial charge is 0.340 e. The molecule has 0 aliphatic rings. The van der Waals surface area contributed by atoms with E-state index in [4.69, 9.17) is 18.9 Å². The summed E-state index contributed by atoms with van der Waals surface area (Å²) < 4.78 is 21.1. The van der Waals surface area contributed by atoms with E-state index in [0.717, 1.165) is 5.56 Å². The summed E-state index contributed by atoms with van der Waals surface area (Å²) in [6.07, 6.45) is -0.536. The number of hydrogen-bond acceptors (Lipinski definition) is 6. The Labute approximate surface area is 152 Å². The van der Waals surface area contributed by atoms with E-state index in [1.807, 2.05) is 36.4 Å². The maximum Gasteiger partial charge on any atom is 0.340 e. The molecule has 26 heavy (non-hydrogen) atoms. The van der Waals surface area contributed by atoms with Crippen LogP contribution in [0.25, 0.3) is 0 Å². The zero-order chi connectivity index (χ0) is 18.6. The van der Waals surface area contributed by atoms with E-state index in [0.29, 0.717) is 12.2 Å². The number of rotatable bonds is 10. The molecular weight excluding hydrogens is 336 g/mol. The normalized spacial score (nSPS) is 11.6. The van der Waals surface area contributed by atoms with E-state index < -0.39 is 18.0 Å². The average molecular weight is 358 g/mol. The number of esters is 2. The lowest BCUT2D eigenvalue weighted by molar-refractivity contribution is -0.152. The van der Waals surface area contributed by atoms with Gasteiger partial charge in [-0.25, -0.2) is 4.79 Å². The van der Waals surface area contributed by atoms with Gasteiger partial charge in [0.15, 0.2) is 6.79 Å². The van der Waals surface area contributed by atoms with Crippen LogP contribution in [0, 0.1) is 0 Å². The molecule has 0 radical (unpaired) electrons. The van der Waals surface area contributed by atoms with Crippen molar-refractivity contribution >= 4 is 11.9 Å². The molecule has 0 saturated heterocycles. The molecule has 1 unspecified atom stereocenters. The number of hydrogen-bond donors (Lipinski definition) is 0. The molecule has 0 N–H and O–H groups in total. The van der Waals surface area contributed by atoms with Crippen molar-refractivity contribution in [1.29, 1.82) is 0 Å². The van der Waals surface area contributed by atoms with Crippen LogP contribution in [-0.2, 0) is 30.3 Å². The van der Waals surface area contributed by atoms with Crippen molar-refractivity contribution in [3.05, 3.63) is 71.8 Å². The van der Waals surface area contributed by atoms with Gasteiger partial charge in [0.05, 0.1) is 18.8 Å². The van der Waals surface area contributed by atoms with Crippen LogP contribution in [-0.4, -0.2) is 38.0 Å². The van der Waals surface area contributed by atoms with E-state index >= 15 is 0 Å². The highest BCUT2D eigenvalue weighted by atomic mass is 16.7. The number of benzene rings is 2. The lowest BCUT2D eigenvalue weighted by atomic mass is 10.2. The first-order valence-electron chi connectivity index (χ1n) is 8.24. The van der Waals surface area contributed by atoms with E-state index in [1.54, 1.807) is 24.3 Å². The third kappa shape index (κ3) is 7.46. The third-order valence-electron chi connectivity index (χ3n) is 3.39. The maximum atomic E-state index is 11.9. The van der Waals surface area contributed by atoms with Crippen LogP contribution in [0.4, 0.5) is 0 Å². The van der Waals surface area contributed by atoms with Crippen LogP contribution in [0.1, 0.15) is 22.8 Å². The van der Waals surface area contributed by atoms with Crippen LogP contribution in [0.2, 0.25) is 0 Å².